The van der Waals surface area contributed by atoms with E-state index in [2.05, 4.69) is 4.98 Å². The first-order valence-corrected chi connectivity index (χ1v) is 5.97. The Morgan fingerprint density at radius 2 is 2.17 bits per heavy atom. The Morgan fingerprint density at radius 3 is 2.94 bits per heavy atom. The van der Waals surface area contributed by atoms with Crippen LogP contribution < -0.4 is 0 Å². The normalized spacial score (nSPS) is 14.6. The number of rotatable bonds is 1. The molecular formula is C14H13NO3. The molecule has 1 heterocycles. The summed E-state index contributed by atoms with van der Waals surface area (Å²) in [5.74, 6) is -0.233. The number of aromatic nitrogens is 1. The molecule has 92 valence electrons. The highest BCUT2D eigenvalue weighted by Crippen LogP contribution is 2.31. The number of esters is 1. The average molecular weight is 243 g/mol. The summed E-state index contributed by atoms with van der Waals surface area (Å²) in [6.45, 7) is 0. The molecule has 4 nitrogen and oxygen atoms in total. The van der Waals surface area contributed by atoms with E-state index in [1.165, 1.54) is 7.11 Å². The molecular weight excluding hydrogens is 230 g/mol. The van der Waals surface area contributed by atoms with Gasteiger partial charge in [-0.05, 0) is 30.5 Å². The number of ketones is 1. The third-order valence-electron chi connectivity index (χ3n) is 3.44. The van der Waals surface area contributed by atoms with Crippen molar-refractivity contribution in [2.24, 2.45) is 0 Å². The zero-order chi connectivity index (χ0) is 12.7. The maximum atomic E-state index is 11.9. The second kappa shape index (κ2) is 3.98. The predicted octanol–water partition coefficient (Wildman–Crippen LogP) is 2.47. The fraction of sp³-hybridized carbons (Fsp3) is 0.286. The summed E-state index contributed by atoms with van der Waals surface area (Å²) >= 11 is 0. The van der Waals surface area contributed by atoms with Crippen molar-refractivity contribution < 1.29 is 14.3 Å². The Morgan fingerprint density at radius 1 is 1.33 bits per heavy atom. The Kier molecular flexibility index (Phi) is 2.44. The summed E-state index contributed by atoms with van der Waals surface area (Å²) < 4.78 is 4.79. The third-order valence-corrected chi connectivity index (χ3v) is 3.44. The molecule has 18 heavy (non-hydrogen) atoms. The van der Waals surface area contributed by atoms with Gasteiger partial charge < -0.3 is 9.72 Å². The van der Waals surface area contributed by atoms with Gasteiger partial charge in [0.05, 0.1) is 18.4 Å². The molecule has 1 aromatic carbocycles. The molecule has 0 bridgehead atoms. The van der Waals surface area contributed by atoms with E-state index in [-0.39, 0.29) is 11.8 Å². The van der Waals surface area contributed by atoms with Crippen LogP contribution in [0.4, 0.5) is 0 Å². The van der Waals surface area contributed by atoms with Crippen LogP contribution in [-0.4, -0.2) is 23.8 Å². The van der Waals surface area contributed by atoms with E-state index >= 15 is 0 Å². The molecule has 0 fully saturated rings. The molecule has 1 aliphatic carbocycles. The fourth-order valence-corrected chi connectivity index (χ4v) is 2.64. The number of hydrogen-bond acceptors (Lipinski definition) is 3. The van der Waals surface area contributed by atoms with Crippen LogP contribution in [0.25, 0.3) is 10.9 Å². The summed E-state index contributed by atoms with van der Waals surface area (Å²) in [5, 5.41) is 0.840. The number of hydrogen-bond donors (Lipinski definition) is 1. The minimum atomic E-state index is -0.361. The van der Waals surface area contributed by atoms with Gasteiger partial charge in [0.25, 0.3) is 0 Å². The highest BCUT2D eigenvalue weighted by atomic mass is 16.5. The number of carbonyl (C=O) groups excluding carboxylic acids is 2. The van der Waals surface area contributed by atoms with Gasteiger partial charge in [-0.1, -0.05) is 6.07 Å². The van der Waals surface area contributed by atoms with Gasteiger partial charge in [-0.2, -0.15) is 0 Å². The predicted molar refractivity (Wildman–Crippen MR) is 66.9 cm³/mol. The molecule has 2 aromatic rings. The number of aryl methyl sites for hydroxylation is 1. The lowest BCUT2D eigenvalue weighted by molar-refractivity contribution is 0.0602. The van der Waals surface area contributed by atoms with Gasteiger partial charge >= 0.3 is 5.97 Å². The van der Waals surface area contributed by atoms with Gasteiger partial charge in [-0.3, -0.25) is 4.79 Å². The topological polar surface area (TPSA) is 59.2 Å². The van der Waals surface area contributed by atoms with Crippen LogP contribution in [0.2, 0.25) is 0 Å². The summed E-state index contributed by atoms with van der Waals surface area (Å²) in [4.78, 5) is 26.8. The van der Waals surface area contributed by atoms with Gasteiger partial charge in [0, 0.05) is 17.3 Å². The molecule has 4 heteroatoms. The monoisotopic (exact) mass is 243 g/mol. The second-order valence-corrected chi connectivity index (χ2v) is 4.47. The minimum absolute atomic E-state index is 0.128. The smallest absolute Gasteiger partial charge is 0.338 e. The Hall–Kier alpha value is -2.10. The molecule has 0 atom stereocenters. The number of benzene rings is 1. The van der Waals surface area contributed by atoms with E-state index in [4.69, 9.17) is 4.74 Å². The number of ether oxygens (including phenoxy) is 1. The van der Waals surface area contributed by atoms with Crippen molar-refractivity contribution in [2.75, 3.05) is 7.11 Å². The summed E-state index contributed by atoms with van der Waals surface area (Å²) in [6, 6.07) is 5.41. The van der Waals surface area contributed by atoms with Crippen molar-refractivity contribution in [1.82, 2.24) is 4.98 Å². The lowest BCUT2D eigenvalue weighted by Gasteiger charge is -2.10. The van der Waals surface area contributed by atoms with Crippen LogP contribution >= 0.6 is 0 Å². The first kappa shape index (κ1) is 11.0. The Bertz CT molecular complexity index is 654. The van der Waals surface area contributed by atoms with Gasteiger partial charge in [0.1, 0.15) is 0 Å². The minimum Gasteiger partial charge on any atom is -0.465 e. The average Bonchev–Trinajstić information content (AvgIpc) is 2.78. The van der Waals surface area contributed by atoms with Crippen LogP contribution in [0.5, 0.6) is 0 Å². The van der Waals surface area contributed by atoms with Crippen molar-refractivity contribution in [2.45, 2.75) is 19.3 Å². The SMILES string of the molecule is COC(=O)c1cccc2[nH]c3c(c12)CCCC3=O. The zero-order valence-electron chi connectivity index (χ0n) is 10.1. The number of H-pyrrole nitrogens is 1. The summed E-state index contributed by atoms with van der Waals surface area (Å²) in [5.41, 5.74) is 2.98. The van der Waals surface area contributed by atoms with Crippen LogP contribution in [-0.2, 0) is 11.2 Å². The maximum Gasteiger partial charge on any atom is 0.338 e. The Labute approximate surface area is 104 Å². The van der Waals surface area contributed by atoms with E-state index in [0.717, 1.165) is 29.3 Å². The molecule has 1 N–H and O–H groups in total. The maximum absolute atomic E-state index is 11.9. The van der Waals surface area contributed by atoms with E-state index < -0.39 is 0 Å². The molecule has 1 aliphatic rings. The lowest BCUT2D eigenvalue weighted by atomic mass is 9.93. The number of nitrogens with one attached hydrogen (secondary N) is 1. The van der Waals surface area contributed by atoms with Crippen molar-refractivity contribution in [1.29, 1.82) is 0 Å². The van der Waals surface area contributed by atoms with Gasteiger partial charge in [0.15, 0.2) is 5.78 Å². The van der Waals surface area contributed by atoms with E-state index in [0.29, 0.717) is 17.7 Å². The van der Waals surface area contributed by atoms with Crippen LogP contribution in [0, 0.1) is 0 Å². The molecule has 0 aliphatic heterocycles. The van der Waals surface area contributed by atoms with Crippen molar-refractivity contribution in [3.05, 3.63) is 35.0 Å². The van der Waals surface area contributed by atoms with Crippen molar-refractivity contribution in [3.63, 3.8) is 0 Å². The Balaban J connectivity index is 2.33. The number of carbonyl (C=O) groups is 2. The summed E-state index contributed by atoms with van der Waals surface area (Å²) in [6.07, 6.45) is 2.25. The van der Waals surface area contributed by atoms with Crippen LogP contribution in [0.15, 0.2) is 18.2 Å². The quantitative estimate of drug-likeness (QED) is 0.783. The van der Waals surface area contributed by atoms with E-state index in [1.54, 1.807) is 12.1 Å². The lowest BCUT2D eigenvalue weighted by Crippen LogP contribution is -2.10. The third kappa shape index (κ3) is 1.45. The summed E-state index contributed by atoms with van der Waals surface area (Å²) in [7, 11) is 1.37. The largest absolute Gasteiger partial charge is 0.465 e. The standard InChI is InChI=1S/C14H13NO3/c1-18-14(17)9-5-2-6-10-12(9)8-4-3-7-11(16)13(8)15-10/h2,5-6,15H,3-4,7H2,1H3. The fourth-order valence-electron chi connectivity index (χ4n) is 2.64. The number of aromatic amines is 1. The number of Topliss-reactive ketones (excluding diaryl/α,β-unsaturated/α-hetero) is 1. The molecule has 0 amide bonds. The molecule has 0 saturated carbocycles. The highest BCUT2D eigenvalue weighted by Gasteiger charge is 2.24. The second-order valence-electron chi connectivity index (χ2n) is 4.47. The van der Waals surface area contributed by atoms with Crippen molar-refractivity contribution in [3.8, 4) is 0 Å². The molecule has 0 unspecified atom stereocenters. The molecule has 0 saturated heterocycles. The number of methoxy groups -OCH3 is 1. The van der Waals surface area contributed by atoms with E-state index in [9.17, 15) is 9.59 Å². The number of fused-ring (bicyclic) bond motifs is 3. The van der Waals surface area contributed by atoms with E-state index in [1.807, 2.05) is 6.07 Å². The molecule has 3 rings (SSSR count). The van der Waals surface area contributed by atoms with Gasteiger partial charge in [-0.25, -0.2) is 4.79 Å². The first-order valence-electron chi connectivity index (χ1n) is 5.97. The molecule has 1 aromatic heterocycles. The zero-order valence-corrected chi connectivity index (χ0v) is 10.1. The van der Waals surface area contributed by atoms with Gasteiger partial charge in [-0.15, -0.1) is 0 Å². The van der Waals surface area contributed by atoms with Crippen LogP contribution in [0.1, 0.15) is 39.3 Å². The molecule has 0 radical (unpaired) electrons. The highest BCUT2D eigenvalue weighted by molar-refractivity contribution is 6.10. The first-order chi connectivity index (χ1) is 8.72. The van der Waals surface area contributed by atoms with Gasteiger partial charge in [0.2, 0.25) is 0 Å². The van der Waals surface area contributed by atoms with Crippen LogP contribution in [0.3, 0.4) is 0 Å². The van der Waals surface area contributed by atoms with Crippen molar-refractivity contribution >= 4 is 22.7 Å². The molecule has 0 spiro atoms.